The van der Waals surface area contributed by atoms with Crippen LogP contribution < -0.4 is 4.74 Å². The first kappa shape index (κ1) is 14.6. The highest BCUT2D eigenvalue weighted by molar-refractivity contribution is 5.37. The number of nitrogens with zero attached hydrogens (tertiary/aromatic N) is 3. The minimum absolute atomic E-state index is 0.0450. The van der Waals surface area contributed by atoms with Crippen molar-refractivity contribution in [2.75, 3.05) is 14.2 Å². The normalized spacial score (nSPS) is 11.1. The molecule has 0 spiro atoms. The van der Waals surface area contributed by atoms with Gasteiger partial charge in [-0.15, -0.1) is 0 Å². The van der Waals surface area contributed by atoms with Gasteiger partial charge >= 0.3 is 0 Å². The highest BCUT2D eigenvalue weighted by Crippen LogP contribution is 2.22. The van der Waals surface area contributed by atoms with Crippen LogP contribution in [0, 0.1) is 0 Å². The molecule has 0 saturated carbocycles. The third kappa shape index (κ3) is 3.59. The molecule has 0 radical (unpaired) electrons. The van der Waals surface area contributed by atoms with Crippen molar-refractivity contribution in [1.82, 2.24) is 14.7 Å². The van der Waals surface area contributed by atoms with Gasteiger partial charge in [-0.2, -0.15) is 5.10 Å². The molecule has 5 nitrogen and oxygen atoms in total. The first-order valence-electron chi connectivity index (χ1n) is 6.55. The fraction of sp³-hybridized carbons (Fsp3) is 0.400. The molecule has 0 aliphatic rings. The average Bonchev–Trinajstić information content (AvgIpc) is 2.83. The molecule has 5 heteroatoms. The Morgan fingerprint density at radius 1 is 1.30 bits per heavy atom. The van der Waals surface area contributed by atoms with Crippen LogP contribution in [-0.2, 0) is 26.7 Å². The summed E-state index contributed by atoms with van der Waals surface area (Å²) in [4.78, 5) is 2.19. The molecule has 1 heterocycles. The molecule has 0 bridgehead atoms. The maximum absolute atomic E-state index is 9.23. The maximum atomic E-state index is 9.23. The molecule has 1 N–H and O–H groups in total. The Hall–Kier alpha value is -1.85. The molecule has 0 atom stereocenters. The van der Waals surface area contributed by atoms with Crippen LogP contribution in [-0.4, -0.2) is 33.9 Å². The smallest absolute Gasteiger partial charge is 0.123 e. The van der Waals surface area contributed by atoms with E-state index in [1.54, 1.807) is 11.8 Å². The lowest BCUT2D eigenvalue weighted by molar-refractivity contribution is 0.280. The van der Waals surface area contributed by atoms with Gasteiger partial charge in [0.2, 0.25) is 0 Å². The summed E-state index contributed by atoms with van der Waals surface area (Å²) in [6.07, 6.45) is 3.88. The number of hydrogen-bond acceptors (Lipinski definition) is 4. The predicted molar refractivity (Wildman–Crippen MR) is 77.3 cm³/mol. The fourth-order valence-corrected chi connectivity index (χ4v) is 2.27. The lowest BCUT2D eigenvalue weighted by Gasteiger charge is -2.18. The molecule has 1 aromatic carbocycles. The van der Waals surface area contributed by atoms with Crippen molar-refractivity contribution in [3.8, 4) is 5.75 Å². The second-order valence-electron chi connectivity index (χ2n) is 5.00. The van der Waals surface area contributed by atoms with E-state index in [1.807, 2.05) is 37.6 Å². The molecule has 0 unspecified atom stereocenters. The third-order valence-corrected chi connectivity index (χ3v) is 3.18. The Balaban J connectivity index is 2.08. The van der Waals surface area contributed by atoms with Crippen LogP contribution in [0.1, 0.15) is 16.7 Å². The van der Waals surface area contributed by atoms with Gasteiger partial charge < -0.3 is 9.84 Å². The zero-order valence-electron chi connectivity index (χ0n) is 12.2. The van der Waals surface area contributed by atoms with Gasteiger partial charge in [-0.1, -0.05) is 6.07 Å². The first-order valence-corrected chi connectivity index (χ1v) is 6.55. The van der Waals surface area contributed by atoms with Gasteiger partial charge in [-0.25, -0.2) is 0 Å². The van der Waals surface area contributed by atoms with E-state index in [9.17, 15) is 5.11 Å². The molecule has 108 valence electrons. The second-order valence-corrected chi connectivity index (χ2v) is 5.00. The van der Waals surface area contributed by atoms with Crippen molar-refractivity contribution in [2.45, 2.75) is 19.7 Å². The Labute approximate surface area is 119 Å². The van der Waals surface area contributed by atoms with Crippen molar-refractivity contribution in [2.24, 2.45) is 7.05 Å². The van der Waals surface area contributed by atoms with Gasteiger partial charge in [0.25, 0.3) is 0 Å². The van der Waals surface area contributed by atoms with E-state index in [4.69, 9.17) is 4.74 Å². The number of aromatic nitrogens is 2. The third-order valence-electron chi connectivity index (χ3n) is 3.18. The van der Waals surface area contributed by atoms with Gasteiger partial charge in [0.1, 0.15) is 5.75 Å². The molecule has 2 rings (SSSR count). The average molecular weight is 275 g/mol. The summed E-state index contributed by atoms with van der Waals surface area (Å²) in [5, 5.41) is 13.4. The van der Waals surface area contributed by atoms with Gasteiger partial charge in [0, 0.05) is 37.5 Å². The zero-order valence-corrected chi connectivity index (χ0v) is 12.2. The van der Waals surface area contributed by atoms with E-state index in [0.717, 1.165) is 30.0 Å². The van der Waals surface area contributed by atoms with E-state index in [1.165, 1.54) is 5.56 Å². The van der Waals surface area contributed by atoms with Crippen LogP contribution in [0.4, 0.5) is 0 Å². The van der Waals surface area contributed by atoms with Crippen molar-refractivity contribution >= 4 is 0 Å². The SMILES string of the molecule is COc1ccc(CO)cc1CN(C)Cc1cnn(C)c1. The number of ether oxygens (including phenoxy) is 1. The van der Waals surface area contributed by atoms with E-state index < -0.39 is 0 Å². The summed E-state index contributed by atoms with van der Waals surface area (Å²) in [5.74, 6) is 0.847. The second kappa shape index (κ2) is 6.54. The van der Waals surface area contributed by atoms with Crippen molar-refractivity contribution < 1.29 is 9.84 Å². The van der Waals surface area contributed by atoms with Crippen LogP contribution in [0.3, 0.4) is 0 Å². The molecular weight excluding hydrogens is 254 g/mol. The van der Waals surface area contributed by atoms with E-state index in [-0.39, 0.29) is 6.61 Å². The number of hydrogen-bond donors (Lipinski definition) is 1. The van der Waals surface area contributed by atoms with Crippen LogP contribution in [0.5, 0.6) is 5.75 Å². The van der Waals surface area contributed by atoms with Crippen LogP contribution in [0.25, 0.3) is 0 Å². The molecule has 0 amide bonds. The summed E-state index contributed by atoms with van der Waals surface area (Å²) < 4.78 is 7.18. The highest BCUT2D eigenvalue weighted by atomic mass is 16.5. The summed E-state index contributed by atoms with van der Waals surface area (Å²) in [6.45, 7) is 1.62. The molecule has 20 heavy (non-hydrogen) atoms. The molecular formula is C15H21N3O2. The van der Waals surface area contributed by atoms with E-state index in [2.05, 4.69) is 17.0 Å². The predicted octanol–water partition coefficient (Wildman–Crippen LogP) is 1.55. The van der Waals surface area contributed by atoms with Crippen molar-refractivity contribution in [3.63, 3.8) is 0 Å². The number of aliphatic hydroxyl groups excluding tert-OH is 1. The lowest BCUT2D eigenvalue weighted by Crippen LogP contribution is -2.17. The van der Waals surface area contributed by atoms with Gasteiger partial charge in [-0.3, -0.25) is 9.58 Å². The Morgan fingerprint density at radius 2 is 2.10 bits per heavy atom. The molecule has 0 aliphatic carbocycles. The fourth-order valence-electron chi connectivity index (χ4n) is 2.27. The van der Waals surface area contributed by atoms with E-state index >= 15 is 0 Å². The molecule has 1 aromatic heterocycles. The molecule has 0 aliphatic heterocycles. The zero-order chi connectivity index (χ0) is 14.5. The van der Waals surface area contributed by atoms with Gasteiger partial charge in [0.15, 0.2) is 0 Å². The summed E-state index contributed by atoms with van der Waals surface area (Å²) in [6, 6.07) is 5.76. The largest absolute Gasteiger partial charge is 0.496 e. The minimum Gasteiger partial charge on any atom is -0.496 e. The topological polar surface area (TPSA) is 50.5 Å². The van der Waals surface area contributed by atoms with Gasteiger partial charge in [0.05, 0.1) is 19.9 Å². The lowest BCUT2D eigenvalue weighted by atomic mass is 10.1. The van der Waals surface area contributed by atoms with Crippen LogP contribution in [0.2, 0.25) is 0 Å². The standard InChI is InChI=1S/C15H21N3O2/c1-17(8-13-7-16-18(2)9-13)10-14-6-12(11-19)4-5-15(14)20-3/h4-7,9,19H,8,10-11H2,1-3H3. The Kier molecular flexibility index (Phi) is 4.76. The number of rotatable bonds is 6. The first-order chi connectivity index (χ1) is 9.62. The number of aryl methyl sites for hydroxylation is 1. The molecule has 2 aromatic rings. The monoisotopic (exact) mass is 275 g/mol. The highest BCUT2D eigenvalue weighted by Gasteiger charge is 2.09. The summed E-state index contributed by atoms with van der Waals surface area (Å²) in [7, 11) is 5.63. The summed E-state index contributed by atoms with van der Waals surface area (Å²) >= 11 is 0. The van der Waals surface area contributed by atoms with E-state index in [0.29, 0.717) is 0 Å². The Bertz CT molecular complexity index is 566. The van der Waals surface area contributed by atoms with Crippen LogP contribution in [0.15, 0.2) is 30.6 Å². The quantitative estimate of drug-likeness (QED) is 0.869. The van der Waals surface area contributed by atoms with Crippen molar-refractivity contribution in [1.29, 1.82) is 0 Å². The van der Waals surface area contributed by atoms with Crippen molar-refractivity contribution in [3.05, 3.63) is 47.3 Å². The van der Waals surface area contributed by atoms with Crippen LogP contribution >= 0.6 is 0 Å². The maximum Gasteiger partial charge on any atom is 0.123 e. The molecule has 0 saturated heterocycles. The van der Waals surface area contributed by atoms with Gasteiger partial charge in [-0.05, 0) is 24.7 Å². The number of aliphatic hydroxyl groups is 1. The number of methoxy groups -OCH3 is 1. The summed E-state index contributed by atoms with van der Waals surface area (Å²) in [5.41, 5.74) is 3.15. The number of benzene rings is 1. The Morgan fingerprint density at radius 3 is 2.70 bits per heavy atom. The molecule has 0 fully saturated rings. The minimum atomic E-state index is 0.0450.